The van der Waals surface area contributed by atoms with E-state index in [1.807, 2.05) is 0 Å². The number of hydrogen-bond donors (Lipinski definition) is 0. The highest BCUT2D eigenvalue weighted by molar-refractivity contribution is 6.28. The minimum atomic E-state index is -4.60. The number of alkyl halides is 3. The van der Waals surface area contributed by atoms with E-state index in [9.17, 15) is 17.6 Å². The number of nitrogens with zero attached hydrogens (tertiary/aromatic N) is 6. The number of hydrogen-bond acceptors (Lipinski definition) is 5. The van der Waals surface area contributed by atoms with Gasteiger partial charge in [-0.2, -0.15) is 28.2 Å². The predicted molar refractivity (Wildman–Crippen MR) is 107 cm³/mol. The number of imidazole rings is 1. The number of rotatable bonds is 5. The average molecular weight is 467 g/mol. The van der Waals surface area contributed by atoms with Gasteiger partial charge in [0.25, 0.3) is 0 Å². The average Bonchev–Trinajstić information content (AvgIpc) is 3.34. The molecular formula is C20H15ClF4N6O. The molecule has 5 rings (SSSR count). The highest BCUT2D eigenvalue weighted by Crippen LogP contribution is 2.41. The molecule has 0 saturated heterocycles. The zero-order valence-electron chi connectivity index (χ0n) is 16.6. The predicted octanol–water partition coefficient (Wildman–Crippen LogP) is 4.95. The van der Waals surface area contributed by atoms with Crippen LogP contribution in [-0.4, -0.2) is 29.3 Å². The summed E-state index contributed by atoms with van der Waals surface area (Å²) in [7, 11) is 1.71. The van der Waals surface area contributed by atoms with E-state index in [1.165, 1.54) is 21.4 Å². The lowest BCUT2D eigenvalue weighted by Crippen LogP contribution is -2.05. The van der Waals surface area contributed by atoms with Crippen LogP contribution in [-0.2, 0) is 19.8 Å². The lowest BCUT2D eigenvalue weighted by molar-refractivity contribution is -0.140. The van der Waals surface area contributed by atoms with Crippen LogP contribution in [0.3, 0.4) is 0 Å². The van der Waals surface area contributed by atoms with Crippen LogP contribution in [0.4, 0.5) is 17.6 Å². The summed E-state index contributed by atoms with van der Waals surface area (Å²) in [5.74, 6) is -0.541. The second kappa shape index (κ2) is 7.44. The fraction of sp³-hybridized carbons (Fsp3) is 0.300. The molecule has 0 amide bonds. The molecule has 3 aromatic heterocycles. The number of ether oxygens (including phenoxy) is 1. The van der Waals surface area contributed by atoms with Crippen LogP contribution in [0, 0.1) is 5.82 Å². The first kappa shape index (κ1) is 20.7. The van der Waals surface area contributed by atoms with E-state index in [-0.39, 0.29) is 35.2 Å². The fourth-order valence-corrected chi connectivity index (χ4v) is 3.58. The first-order chi connectivity index (χ1) is 15.2. The van der Waals surface area contributed by atoms with Crippen molar-refractivity contribution in [3.05, 3.63) is 53.0 Å². The SMILES string of the molecule is Cn1cc2c(OCc3ccc(-c4nc(C(F)(F)F)cn4C4CC4)c(F)c3)nc(Cl)nc2n1. The van der Waals surface area contributed by atoms with Crippen LogP contribution in [0.5, 0.6) is 5.88 Å². The van der Waals surface area contributed by atoms with Gasteiger partial charge in [-0.3, -0.25) is 4.68 Å². The van der Waals surface area contributed by atoms with Gasteiger partial charge in [-0.15, -0.1) is 0 Å². The molecule has 0 unspecified atom stereocenters. The van der Waals surface area contributed by atoms with E-state index >= 15 is 0 Å². The van der Waals surface area contributed by atoms with E-state index in [2.05, 4.69) is 20.1 Å². The highest BCUT2D eigenvalue weighted by atomic mass is 35.5. The van der Waals surface area contributed by atoms with Crippen molar-refractivity contribution in [1.29, 1.82) is 0 Å². The van der Waals surface area contributed by atoms with Crippen LogP contribution in [0.25, 0.3) is 22.4 Å². The van der Waals surface area contributed by atoms with Gasteiger partial charge < -0.3 is 9.30 Å². The summed E-state index contributed by atoms with van der Waals surface area (Å²) in [4.78, 5) is 11.7. The Labute approximate surface area is 183 Å². The normalized spacial score (nSPS) is 14.3. The molecule has 166 valence electrons. The van der Waals surface area contributed by atoms with Crippen LogP contribution in [0.2, 0.25) is 5.28 Å². The van der Waals surface area contributed by atoms with Gasteiger partial charge >= 0.3 is 6.18 Å². The minimum absolute atomic E-state index is 0.00381. The van der Waals surface area contributed by atoms with Crippen molar-refractivity contribution in [2.75, 3.05) is 0 Å². The van der Waals surface area contributed by atoms with Crippen LogP contribution in [0.15, 0.2) is 30.6 Å². The molecule has 3 heterocycles. The van der Waals surface area contributed by atoms with Gasteiger partial charge in [0.1, 0.15) is 23.6 Å². The molecule has 32 heavy (non-hydrogen) atoms. The van der Waals surface area contributed by atoms with E-state index in [1.54, 1.807) is 19.3 Å². The lowest BCUT2D eigenvalue weighted by atomic mass is 10.1. The summed E-state index contributed by atoms with van der Waals surface area (Å²) >= 11 is 5.91. The molecule has 1 saturated carbocycles. The first-order valence-corrected chi connectivity index (χ1v) is 10.0. The Kier molecular flexibility index (Phi) is 4.81. The Hall–Kier alpha value is -3.21. The monoisotopic (exact) mass is 466 g/mol. The smallest absolute Gasteiger partial charge is 0.434 e. The van der Waals surface area contributed by atoms with Crippen molar-refractivity contribution >= 4 is 22.6 Å². The highest BCUT2D eigenvalue weighted by Gasteiger charge is 2.37. The van der Waals surface area contributed by atoms with E-state index in [4.69, 9.17) is 16.3 Å². The van der Waals surface area contributed by atoms with Crippen molar-refractivity contribution in [3.8, 4) is 17.3 Å². The van der Waals surface area contributed by atoms with Crippen LogP contribution >= 0.6 is 11.6 Å². The Morgan fingerprint density at radius 3 is 2.62 bits per heavy atom. The third-order valence-electron chi connectivity index (χ3n) is 5.04. The Morgan fingerprint density at radius 2 is 1.94 bits per heavy atom. The van der Waals surface area contributed by atoms with E-state index in [0.717, 1.165) is 19.0 Å². The van der Waals surface area contributed by atoms with Crippen molar-refractivity contribution < 1.29 is 22.3 Å². The second-order valence-corrected chi connectivity index (χ2v) is 7.86. The summed E-state index contributed by atoms with van der Waals surface area (Å²) in [5, 5.41) is 4.65. The van der Waals surface area contributed by atoms with Gasteiger partial charge in [0.2, 0.25) is 11.2 Å². The number of fused-ring (bicyclic) bond motifs is 1. The fourth-order valence-electron chi connectivity index (χ4n) is 3.42. The Bertz CT molecular complexity index is 1330. The molecule has 1 aliphatic carbocycles. The third-order valence-corrected chi connectivity index (χ3v) is 5.21. The molecule has 0 aliphatic heterocycles. The summed E-state index contributed by atoms with van der Waals surface area (Å²) in [5.41, 5.74) is -0.224. The maximum atomic E-state index is 14.9. The molecule has 0 atom stereocenters. The molecular weight excluding hydrogens is 452 g/mol. The summed E-state index contributed by atoms with van der Waals surface area (Å²) in [6.07, 6.45) is -0.519. The maximum Gasteiger partial charge on any atom is 0.434 e. The summed E-state index contributed by atoms with van der Waals surface area (Å²) in [6, 6.07) is 4.08. The molecule has 7 nitrogen and oxygen atoms in total. The van der Waals surface area contributed by atoms with Crippen molar-refractivity contribution in [1.82, 2.24) is 29.3 Å². The van der Waals surface area contributed by atoms with Gasteiger partial charge in [-0.1, -0.05) is 6.07 Å². The molecule has 4 aromatic rings. The topological polar surface area (TPSA) is 70.7 Å². The molecule has 1 fully saturated rings. The van der Waals surface area contributed by atoms with Gasteiger partial charge in [0.15, 0.2) is 11.3 Å². The number of benzene rings is 1. The van der Waals surface area contributed by atoms with Gasteiger partial charge in [-0.05, 0) is 42.1 Å². The first-order valence-electron chi connectivity index (χ1n) is 9.63. The standard InChI is InChI=1S/C20H15ClF4N6O/c1-30-7-13-16(29-30)27-19(21)28-18(13)32-9-10-2-5-12(14(22)6-10)17-26-15(20(23,24)25)8-31(17)11-3-4-11/h2,5-8,11H,3-4,9H2,1H3. The molecule has 0 N–H and O–H groups in total. The lowest BCUT2D eigenvalue weighted by Gasteiger charge is -2.10. The van der Waals surface area contributed by atoms with E-state index < -0.39 is 17.7 Å². The zero-order valence-corrected chi connectivity index (χ0v) is 17.3. The number of aromatic nitrogens is 6. The van der Waals surface area contributed by atoms with Crippen molar-refractivity contribution in [3.63, 3.8) is 0 Å². The molecule has 12 heteroatoms. The minimum Gasteiger partial charge on any atom is -0.472 e. The largest absolute Gasteiger partial charge is 0.472 e. The zero-order chi connectivity index (χ0) is 22.6. The Balaban J connectivity index is 1.42. The van der Waals surface area contributed by atoms with Crippen LogP contribution < -0.4 is 4.74 Å². The van der Waals surface area contributed by atoms with Crippen molar-refractivity contribution in [2.24, 2.45) is 7.05 Å². The molecule has 1 aromatic carbocycles. The number of halogens is 5. The summed E-state index contributed by atoms with van der Waals surface area (Å²) in [6.45, 7) is -0.0423. The molecule has 1 aliphatic rings. The van der Waals surface area contributed by atoms with Gasteiger partial charge in [0, 0.05) is 25.5 Å². The maximum absolute atomic E-state index is 14.9. The Morgan fingerprint density at radius 1 is 1.16 bits per heavy atom. The van der Waals surface area contributed by atoms with E-state index in [0.29, 0.717) is 16.6 Å². The quantitative estimate of drug-likeness (QED) is 0.307. The van der Waals surface area contributed by atoms with Gasteiger partial charge in [-0.25, -0.2) is 9.37 Å². The summed E-state index contributed by atoms with van der Waals surface area (Å²) < 4.78 is 62.9. The second-order valence-electron chi connectivity index (χ2n) is 7.53. The van der Waals surface area contributed by atoms with Crippen molar-refractivity contribution in [2.45, 2.75) is 31.7 Å². The third kappa shape index (κ3) is 3.88. The molecule has 0 spiro atoms. The molecule has 0 radical (unpaired) electrons. The van der Waals surface area contributed by atoms with Crippen LogP contribution in [0.1, 0.15) is 30.1 Å². The molecule has 0 bridgehead atoms. The number of aryl methyl sites for hydroxylation is 1. The van der Waals surface area contributed by atoms with Gasteiger partial charge in [0.05, 0.1) is 5.56 Å².